The lowest BCUT2D eigenvalue weighted by atomic mass is 10.1. The summed E-state index contributed by atoms with van der Waals surface area (Å²) in [5, 5.41) is 10.6. The van der Waals surface area contributed by atoms with Gasteiger partial charge in [0.25, 0.3) is 0 Å². The summed E-state index contributed by atoms with van der Waals surface area (Å²) in [6.07, 6.45) is 3.35. The predicted octanol–water partition coefficient (Wildman–Crippen LogP) is 4.26. The number of piperidine rings is 1. The first-order valence-corrected chi connectivity index (χ1v) is 10.0. The van der Waals surface area contributed by atoms with Crippen LogP contribution in [0.25, 0.3) is 0 Å². The normalized spacial score (nSPS) is 15.5. The Morgan fingerprint density at radius 1 is 1.15 bits per heavy atom. The van der Waals surface area contributed by atoms with Crippen LogP contribution in [0.4, 0.5) is 5.00 Å². The molecule has 0 spiro atoms. The van der Waals surface area contributed by atoms with Crippen LogP contribution >= 0.6 is 35.3 Å². The number of rotatable bonds is 5. The van der Waals surface area contributed by atoms with Gasteiger partial charge in [0, 0.05) is 32.7 Å². The van der Waals surface area contributed by atoms with E-state index in [4.69, 9.17) is 0 Å². The summed E-state index contributed by atoms with van der Waals surface area (Å²) in [4.78, 5) is 6.89. The highest BCUT2D eigenvalue weighted by molar-refractivity contribution is 14.0. The van der Waals surface area contributed by atoms with Crippen LogP contribution in [-0.4, -0.2) is 32.1 Å². The number of nitrogens with zero attached hydrogens (tertiary/aromatic N) is 2. The molecule has 1 aromatic heterocycles. The van der Waals surface area contributed by atoms with Crippen molar-refractivity contribution in [3.8, 4) is 0 Å². The Morgan fingerprint density at radius 2 is 1.88 bits per heavy atom. The number of halogens is 1. The van der Waals surface area contributed by atoms with Gasteiger partial charge in [-0.25, -0.2) is 0 Å². The quantitative estimate of drug-likeness (QED) is 0.379. The molecule has 2 N–H and O–H groups in total. The molecule has 0 aliphatic carbocycles. The van der Waals surface area contributed by atoms with Crippen molar-refractivity contribution in [3.05, 3.63) is 52.9 Å². The third kappa shape index (κ3) is 5.61. The second kappa shape index (κ2) is 10.8. The molecule has 0 amide bonds. The number of aliphatic imine (C=N–C) groups is 1. The molecule has 1 fully saturated rings. The molecular formula is C20H29IN4S. The maximum absolute atomic E-state index is 4.40. The molecule has 0 bridgehead atoms. The van der Waals surface area contributed by atoms with E-state index in [1.54, 1.807) is 0 Å². The average Bonchev–Trinajstić information content (AvgIpc) is 3.20. The zero-order valence-electron chi connectivity index (χ0n) is 15.6. The molecule has 1 aliphatic rings. The first-order chi connectivity index (χ1) is 12.3. The van der Waals surface area contributed by atoms with Crippen molar-refractivity contribution < 1.29 is 0 Å². The lowest BCUT2D eigenvalue weighted by Gasteiger charge is -2.33. The Morgan fingerprint density at radius 3 is 2.50 bits per heavy atom. The number of thiophene rings is 1. The minimum absolute atomic E-state index is 0. The molecule has 2 heterocycles. The fourth-order valence-corrected chi connectivity index (χ4v) is 4.12. The molecule has 0 atom stereocenters. The Bertz CT molecular complexity index is 679. The molecule has 142 valence electrons. The van der Waals surface area contributed by atoms with Gasteiger partial charge in [-0.15, -0.1) is 35.3 Å². The smallest absolute Gasteiger partial charge is 0.191 e. The van der Waals surface area contributed by atoms with Gasteiger partial charge >= 0.3 is 0 Å². The van der Waals surface area contributed by atoms with E-state index >= 15 is 0 Å². The monoisotopic (exact) mass is 484 g/mol. The van der Waals surface area contributed by atoms with E-state index in [1.165, 1.54) is 16.1 Å². The summed E-state index contributed by atoms with van der Waals surface area (Å²) in [5.74, 6) is 0.903. The fraction of sp³-hybridized carbons (Fsp3) is 0.450. The van der Waals surface area contributed by atoms with Gasteiger partial charge in [-0.2, -0.15) is 0 Å². The zero-order chi connectivity index (χ0) is 17.5. The van der Waals surface area contributed by atoms with Crippen LogP contribution in [0.5, 0.6) is 0 Å². The summed E-state index contributed by atoms with van der Waals surface area (Å²) >= 11 is 1.83. The molecular weight excluding hydrogens is 455 g/mol. The largest absolute Gasteiger partial charge is 0.363 e. The Hall–Kier alpha value is -1.28. The molecule has 4 nitrogen and oxygen atoms in total. The SMILES string of the molecule is CCc1ccccc1CNC(=NC)NC1CCN(c2cccs2)CC1.I. The van der Waals surface area contributed by atoms with Gasteiger partial charge in [-0.3, -0.25) is 4.99 Å². The molecule has 0 radical (unpaired) electrons. The number of hydrogen-bond acceptors (Lipinski definition) is 3. The van der Waals surface area contributed by atoms with E-state index in [-0.39, 0.29) is 24.0 Å². The van der Waals surface area contributed by atoms with E-state index in [0.29, 0.717) is 6.04 Å². The third-order valence-electron chi connectivity index (χ3n) is 4.82. The van der Waals surface area contributed by atoms with Crippen molar-refractivity contribution in [3.63, 3.8) is 0 Å². The van der Waals surface area contributed by atoms with Crippen molar-refractivity contribution in [2.24, 2.45) is 4.99 Å². The van der Waals surface area contributed by atoms with E-state index < -0.39 is 0 Å². The molecule has 2 aromatic rings. The molecule has 6 heteroatoms. The van der Waals surface area contributed by atoms with Gasteiger partial charge < -0.3 is 15.5 Å². The van der Waals surface area contributed by atoms with Gasteiger partial charge in [-0.1, -0.05) is 31.2 Å². The highest BCUT2D eigenvalue weighted by atomic mass is 127. The first kappa shape index (κ1) is 21.0. The second-order valence-corrected chi connectivity index (χ2v) is 7.33. The van der Waals surface area contributed by atoms with Crippen LogP contribution in [0.3, 0.4) is 0 Å². The third-order valence-corrected chi connectivity index (χ3v) is 5.75. The summed E-state index contributed by atoms with van der Waals surface area (Å²) in [7, 11) is 1.85. The number of guanidine groups is 1. The lowest BCUT2D eigenvalue weighted by Crippen LogP contribution is -2.48. The highest BCUT2D eigenvalue weighted by Gasteiger charge is 2.20. The zero-order valence-corrected chi connectivity index (χ0v) is 18.7. The Balaban J connectivity index is 0.00000243. The minimum atomic E-state index is 0. The van der Waals surface area contributed by atoms with Gasteiger partial charge in [-0.05, 0) is 47.9 Å². The van der Waals surface area contributed by atoms with Crippen molar-refractivity contribution in [1.82, 2.24) is 10.6 Å². The van der Waals surface area contributed by atoms with Crippen LogP contribution in [0, 0.1) is 0 Å². The van der Waals surface area contributed by atoms with Crippen molar-refractivity contribution in [1.29, 1.82) is 0 Å². The second-order valence-electron chi connectivity index (χ2n) is 6.40. The van der Waals surface area contributed by atoms with Crippen LogP contribution < -0.4 is 15.5 Å². The number of anilines is 1. The molecule has 1 aliphatic heterocycles. The molecule has 3 rings (SSSR count). The average molecular weight is 484 g/mol. The lowest BCUT2D eigenvalue weighted by molar-refractivity contribution is 0.462. The Labute approximate surface area is 178 Å². The summed E-state index contributed by atoms with van der Waals surface area (Å²) in [6, 6.07) is 13.4. The summed E-state index contributed by atoms with van der Waals surface area (Å²) < 4.78 is 0. The van der Waals surface area contributed by atoms with Crippen LogP contribution in [0.15, 0.2) is 46.8 Å². The van der Waals surface area contributed by atoms with Gasteiger partial charge in [0.1, 0.15) is 0 Å². The van der Waals surface area contributed by atoms with E-state index in [9.17, 15) is 0 Å². The fourth-order valence-electron chi connectivity index (χ4n) is 3.34. The Kier molecular flexibility index (Phi) is 8.71. The maximum atomic E-state index is 4.40. The van der Waals surface area contributed by atoms with Gasteiger partial charge in [0.05, 0.1) is 5.00 Å². The van der Waals surface area contributed by atoms with Crippen LogP contribution in [0.1, 0.15) is 30.9 Å². The van der Waals surface area contributed by atoms with Crippen molar-refractivity contribution in [2.75, 3.05) is 25.0 Å². The molecule has 1 saturated heterocycles. The van der Waals surface area contributed by atoms with E-state index in [1.807, 2.05) is 18.4 Å². The molecule has 1 aromatic carbocycles. The topological polar surface area (TPSA) is 39.7 Å². The number of nitrogens with one attached hydrogen (secondary N) is 2. The van der Waals surface area contributed by atoms with E-state index in [2.05, 4.69) is 69.2 Å². The predicted molar refractivity (Wildman–Crippen MR) is 124 cm³/mol. The number of benzene rings is 1. The van der Waals surface area contributed by atoms with Crippen molar-refractivity contribution in [2.45, 2.75) is 38.8 Å². The first-order valence-electron chi connectivity index (χ1n) is 9.12. The van der Waals surface area contributed by atoms with Crippen LogP contribution in [-0.2, 0) is 13.0 Å². The van der Waals surface area contributed by atoms with E-state index in [0.717, 1.165) is 44.9 Å². The molecule has 0 unspecified atom stereocenters. The standard InChI is InChI=1S/C20H28N4S.HI/c1-3-16-7-4-5-8-17(16)15-22-20(21-2)23-18-10-12-24(13-11-18)19-9-6-14-25-19;/h4-9,14,18H,3,10-13,15H2,1-2H3,(H2,21,22,23);1H. The molecule has 0 saturated carbocycles. The van der Waals surface area contributed by atoms with Crippen molar-refractivity contribution >= 4 is 46.3 Å². The van der Waals surface area contributed by atoms with Crippen LogP contribution in [0.2, 0.25) is 0 Å². The maximum Gasteiger partial charge on any atom is 0.191 e. The summed E-state index contributed by atoms with van der Waals surface area (Å²) in [5.41, 5.74) is 2.75. The number of aryl methyl sites for hydroxylation is 1. The minimum Gasteiger partial charge on any atom is -0.363 e. The molecule has 26 heavy (non-hydrogen) atoms. The van der Waals surface area contributed by atoms with Gasteiger partial charge in [0.2, 0.25) is 0 Å². The summed E-state index contributed by atoms with van der Waals surface area (Å²) in [6.45, 7) is 5.23. The number of hydrogen-bond donors (Lipinski definition) is 2. The van der Waals surface area contributed by atoms with Gasteiger partial charge in [0.15, 0.2) is 5.96 Å². The highest BCUT2D eigenvalue weighted by Crippen LogP contribution is 2.24.